The van der Waals surface area contributed by atoms with Gasteiger partial charge in [0.1, 0.15) is 11.5 Å². The van der Waals surface area contributed by atoms with Crippen LogP contribution in [0.5, 0.6) is 5.75 Å². The van der Waals surface area contributed by atoms with Gasteiger partial charge in [-0.1, -0.05) is 54.6 Å². The van der Waals surface area contributed by atoms with Gasteiger partial charge in [-0.2, -0.15) is 8.78 Å². The maximum atomic E-state index is 12.7. The molecule has 1 aromatic heterocycles. The summed E-state index contributed by atoms with van der Waals surface area (Å²) in [6.07, 6.45) is 0. The number of rotatable bonds is 9. The first-order valence-corrected chi connectivity index (χ1v) is 14.0. The van der Waals surface area contributed by atoms with E-state index in [9.17, 15) is 30.8 Å². The Kier molecular flexibility index (Phi) is 8.28. The number of nitrogens with one attached hydrogen (secondary N) is 1. The zero-order chi connectivity index (χ0) is 28.3. The van der Waals surface area contributed by atoms with Gasteiger partial charge < -0.3 is 13.7 Å². The van der Waals surface area contributed by atoms with Crippen LogP contribution in [-0.4, -0.2) is 29.7 Å². The highest BCUT2D eigenvalue weighted by Crippen LogP contribution is 2.33. The van der Waals surface area contributed by atoms with Crippen LogP contribution < -0.4 is 9.46 Å². The Bertz CT molecular complexity index is 1620. The molecule has 39 heavy (non-hydrogen) atoms. The number of sulfonamides is 1. The average Bonchev–Trinajstić information content (AvgIpc) is 3.25. The van der Waals surface area contributed by atoms with Crippen molar-refractivity contribution >= 4 is 27.0 Å². The van der Waals surface area contributed by atoms with Crippen LogP contribution >= 0.6 is 0 Å². The lowest BCUT2D eigenvalue weighted by atomic mass is 10.00. The number of ether oxygens (including phenoxy) is 1. The Morgan fingerprint density at radius 1 is 0.974 bits per heavy atom. The minimum absolute atomic E-state index is 0.00848. The van der Waals surface area contributed by atoms with Crippen molar-refractivity contribution in [1.29, 1.82) is 0 Å². The summed E-state index contributed by atoms with van der Waals surface area (Å²) < 4.78 is 86.4. The maximum Gasteiger partial charge on any atom is 0.387 e. The maximum absolute atomic E-state index is 12.7. The van der Waals surface area contributed by atoms with E-state index in [0.717, 1.165) is 0 Å². The summed E-state index contributed by atoms with van der Waals surface area (Å²) in [7, 11) is -4.20. The molecule has 3 aromatic carbocycles. The van der Waals surface area contributed by atoms with Crippen molar-refractivity contribution in [2.45, 2.75) is 30.6 Å². The lowest BCUT2D eigenvalue weighted by Crippen LogP contribution is -2.30. The summed E-state index contributed by atoms with van der Waals surface area (Å²) in [6, 6.07) is 19.8. The Morgan fingerprint density at radius 2 is 1.56 bits per heavy atom. The van der Waals surface area contributed by atoms with E-state index in [1.54, 1.807) is 55.5 Å². The third kappa shape index (κ3) is 6.41. The first-order valence-electron chi connectivity index (χ1n) is 11.4. The minimum Gasteiger partial charge on any atom is -0.772 e. The number of benzene rings is 3. The predicted molar refractivity (Wildman–Crippen MR) is 139 cm³/mol. The normalized spacial score (nSPS) is 13.2. The zero-order valence-electron chi connectivity index (χ0n) is 20.6. The van der Waals surface area contributed by atoms with E-state index in [-0.39, 0.29) is 27.7 Å². The molecule has 0 aliphatic rings. The third-order valence-corrected chi connectivity index (χ3v) is 8.29. The van der Waals surface area contributed by atoms with Gasteiger partial charge in [-0.15, -0.1) is 0 Å². The smallest absolute Gasteiger partial charge is 0.387 e. The monoisotopic (exact) mass is 574 g/mol. The van der Waals surface area contributed by atoms with E-state index in [1.165, 1.54) is 37.3 Å². The molecule has 0 aliphatic heterocycles. The Morgan fingerprint density at radius 3 is 2.13 bits per heavy atom. The van der Waals surface area contributed by atoms with Crippen LogP contribution in [0.1, 0.15) is 38.3 Å². The van der Waals surface area contributed by atoms with Crippen LogP contribution in [0.25, 0.3) is 11.1 Å². The topological polar surface area (TPSA) is 126 Å². The molecule has 1 N–H and O–H groups in total. The van der Waals surface area contributed by atoms with E-state index >= 15 is 0 Å². The molecule has 0 bridgehead atoms. The summed E-state index contributed by atoms with van der Waals surface area (Å²) in [5.41, 5.74) is 2.37. The summed E-state index contributed by atoms with van der Waals surface area (Å²) in [5, 5.41) is -1.21. The van der Waals surface area contributed by atoms with E-state index in [1.807, 2.05) is 4.72 Å². The highest BCUT2D eigenvalue weighted by Gasteiger charge is 2.26. The summed E-state index contributed by atoms with van der Waals surface area (Å²) in [6.45, 7) is 0.124. The molecular formula is C27H22F2NO7S2-. The van der Waals surface area contributed by atoms with Crippen LogP contribution in [0, 0.1) is 13.8 Å². The van der Waals surface area contributed by atoms with Gasteiger partial charge in [-0.3, -0.25) is 9.00 Å². The molecule has 0 saturated carbocycles. The second-order valence-corrected chi connectivity index (χ2v) is 11.1. The first kappa shape index (κ1) is 28.1. The van der Waals surface area contributed by atoms with E-state index < -0.39 is 38.9 Å². The fraction of sp³-hybridized carbons (Fsp3) is 0.148. The van der Waals surface area contributed by atoms with Crippen LogP contribution in [0.2, 0.25) is 0 Å². The molecule has 8 nitrogen and oxygen atoms in total. The lowest BCUT2D eigenvalue weighted by Gasteiger charge is -2.20. The Hall–Kier alpha value is -3.87. The SMILES string of the molecule is Cc1ccccc1S(=O)(=O)NC(=O)c1cc(C(c2ccc(-c3ccc(OC(F)F)cc3)cc2)S(=O)[O-])c(C)o1. The molecule has 0 spiro atoms. The van der Waals surface area contributed by atoms with Crippen LogP contribution in [-0.2, 0) is 21.1 Å². The predicted octanol–water partition coefficient (Wildman–Crippen LogP) is 5.25. The summed E-state index contributed by atoms with van der Waals surface area (Å²) in [5.74, 6) is -1.27. The third-order valence-electron chi connectivity index (χ3n) is 5.89. The zero-order valence-corrected chi connectivity index (χ0v) is 22.2. The molecule has 12 heteroatoms. The summed E-state index contributed by atoms with van der Waals surface area (Å²) >= 11 is -2.67. The number of halogens is 2. The fourth-order valence-corrected chi connectivity index (χ4v) is 6.05. The van der Waals surface area contributed by atoms with Crippen molar-refractivity contribution in [3.63, 3.8) is 0 Å². The second-order valence-electron chi connectivity index (χ2n) is 8.49. The van der Waals surface area contributed by atoms with Crippen molar-refractivity contribution in [2.24, 2.45) is 0 Å². The molecule has 0 aliphatic carbocycles. The second kappa shape index (κ2) is 11.5. The van der Waals surface area contributed by atoms with Gasteiger partial charge in [0.2, 0.25) is 0 Å². The standard InChI is InChI=1S/C27H23F2NO7S2/c1-16-5-3-4-6-24(16)39(34,35)30-26(31)23-15-22(17(2)36-23)25(38(32)33)20-9-7-18(8-10-20)19-11-13-21(14-12-19)37-27(28)29/h3-15,25,27H,1-2H3,(H,30,31)(H,32,33)/p-1. The average molecular weight is 575 g/mol. The van der Waals surface area contributed by atoms with Gasteiger partial charge in [0.15, 0.2) is 5.76 Å². The fourth-order valence-electron chi connectivity index (χ4n) is 4.03. The molecule has 4 aromatic rings. The number of alkyl halides is 2. The molecule has 2 unspecified atom stereocenters. The van der Waals surface area contributed by atoms with E-state index in [0.29, 0.717) is 22.3 Å². The number of hydrogen-bond acceptors (Lipinski definition) is 7. The number of hydrogen-bond donors (Lipinski definition) is 1. The minimum atomic E-state index is -4.20. The number of carbonyl (C=O) groups excluding carboxylic acids is 1. The van der Waals surface area contributed by atoms with Crippen molar-refractivity contribution in [3.05, 3.63) is 107 Å². The number of furan rings is 1. The van der Waals surface area contributed by atoms with Gasteiger partial charge in [-0.05, 0) is 71.4 Å². The molecule has 1 amide bonds. The number of amides is 1. The van der Waals surface area contributed by atoms with Gasteiger partial charge in [0.25, 0.3) is 10.0 Å². The van der Waals surface area contributed by atoms with Crippen molar-refractivity contribution in [2.75, 3.05) is 0 Å². The van der Waals surface area contributed by atoms with Crippen LogP contribution in [0.3, 0.4) is 0 Å². The van der Waals surface area contributed by atoms with Gasteiger partial charge in [-0.25, -0.2) is 13.1 Å². The molecule has 0 radical (unpaired) electrons. The van der Waals surface area contributed by atoms with Crippen molar-refractivity contribution in [3.8, 4) is 16.9 Å². The molecular weight excluding hydrogens is 552 g/mol. The molecule has 1 heterocycles. The van der Waals surface area contributed by atoms with Crippen LogP contribution in [0.15, 0.2) is 88.2 Å². The van der Waals surface area contributed by atoms with Gasteiger partial charge in [0.05, 0.1) is 10.1 Å². The van der Waals surface area contributed by atoms with Gasteiger partial charge >= 0.3 is 12.5 Å². The molecule has 0 fully saturated rings. The molecule has 0 saturated heterocycles. The highest BCUT2D eigenvalue weighted by molar-refractivity contribution is 7.90. The van der Waals surface area contributed by atoms with Crippen LogP contribution in [0.4, 0.5) is 8.78 Å². The number of carbonyl (C=O) groups is 1. The van der Waals surface area contributed by atoms with Crippen molar-refractivity contribution < 1.29 is 39.9 Å². The van der Waals surface area contributed by atoms with Crippen molar-refractivity contribution in [1.82, 2.24) is 4.72 Å². The van der Waals surface area contributed by atoms with E-state index in [2.05, 4.69) is 4.74 Å². The Labute approximate surface area is 226 Å². The molecule has 2 atom stereocenters. The largest absolute Gasteiger partial charge is 0.772 e. The Balaban J connectivity index is 1.57. The van der Waals surface area contributed by atoms with E-state index in [4.69, 9.17) is 4.42 Å². The van der Waals surface area contributed by atoms with Gasteiger partial charge in [0, 0.05) is 5.56 Å². The highest BCUT2D eigenvalue weighted by atomic mass is 32.2. The molecule has 4 rings (SSSR count). The molecule has 204 valence electrons. The summed E-state index contributed by atoms with van der Waals surface area (Å²) in [4.78, 5) is 12.7. The number of aryl methyl sites for hydroxylation is 2. The lowest BCUT2D eigenvalue weighted by molar-refractivity contribution is -0.0498. The quantitative estimate of drug-likeness (QED) is 0.271. The first-order chi connectivity index (χ1) is 18.5.